The Morgan fingerprint density at radius 3 is 2.37 bits per heavy atom. The van der Waals surface area contributed by atoms with Crippen molar-refractivity contribution in [3.05, 3.63) is 34.9 Å². The molecule has 104 valence electrons. The van der Waals surface area contributed by atoms with Gasteiger partial charge < -0.3 is 5.32 Å². The third kappa shape index (κ3) is 3.97. The Balaban J connectivity index is 1.64. The van der Waals surface area contributed by atoms with E-state index in [2.05, 4.69) is 17.4 Å². The van der Waals surface area contributed by atoms with Crippen molar-refractivity contribution < 1.29 is 0 Å². The summed E-state index contributed by atoms with van der Waals surface area (Å²) >= 11 is 6.01. The van der Waals surface area contributed by atoms with Crippen molar-refractivity contribution in [1.29, 1.82) is 0 Å². The van der Waals surface area contributed by atoms with Crippen LogP contribution in [0.25, 0.3) is 0 Å². The Bertz CT molecular complexity index is 390. The van der Waals surface area contributed by atoms with Gasteiger partial charge in [0.2, 0.25) is 0 Å². The zero-order chi connectivity index (χ0) is 13.1. The van der Waals surface area contributed by atoms with E-state index in [1.807, 2.05) is 12.1 Å². The lowest BCUT2D eigenvalue weighted by Gasteiger charge is -2.22. The van der Waals surface area contributed by atoms with Crippen LogP contribution in [0.3, 0.4) is 0 Å². The number of hydrogen-bond donors (Lipinski definition) is 1. The highest BCUT2D eigenvalue weighted by Gasteiger charge is 2.25. The summed E-state index contributed by atoms with van der Waals surface area (Å²) in [5.41, 5.74) is 1.46. The normalized spacial score (nSPS) is 21.7. The van der Waals surface area contributed by atoms with Gasteiger partial charge in [-0.2, -0.15) is 0 Å². The van der Waals surface area contributed by atoms with E-state index in [0.717, 1.165) is 23.5 Å². The molecule has 2 aliphatic rings. The molecule has 1 nitrogen and oxygen atoms in total. The van der Waals surface area contributed by atoms with Crippen LogP contribution >= 0.6 is 11.6 Å². The highest BCUT2D eigenvalue weighted by atomic mass is 35.5. The van der Waals surface area contributed by atoms with E-state index in [4.69, 9.17) is 11.6 Å². The maximum atomic E-state index is 6.01. The summed E-state index contributed by atoms with van der Waals surface area (Å²) in [7, 11) is 0. The van der Waals surface area contributed by atoms with Crippen molar-refractivity contribution in [3.63, 3.8) is 0 Å². The van der Waals surface area contributed by atoms with Gasteiger partial charge in [-0.1, -0.05) is 49.4 Å². The summed E-state index contributed by atoms with van der Waals surface area (Å²) in [4.78, 5) is 0. The summed E-state index contributed by atoms with van der Waals surface area (Å²) < 4.78 is 0. The minimum absolute atomic E-state index is 0.668. The molecule has 2 fully saturated rings. The molecule has 2 heteroatoms. The molecule has 0 aliphatic heterocycles. The average Bonchev–Trinajstić information content (AvgIpc) is 3.11. The van der Waals surface area contributed by atoms with Gasteiger partial charge in [0.05, 0.1) is 0 Å². The van der Waals surface area contributed by atoms with Gasteiger partial charge in [0, 0.05) is 17.6 Å². The summed E-state index contributed by atoms with van der Waals surface area (Å²) in [5.74, 6) is 1.61. The van der Waals surface area contributed by atoms with E-state index in [1.165, 1.54) is 50.5 Å². The zero-order valence-corrected chi connectivity index (χ0v) is 12.3. The smallest absolute Gasteiger partial charge is 0.0406 e. The quantitative estimate of drug-likeness (QED) is 0.791. The molecule has 2 saturated carbocycles. The molecule has 0 spiro atoms. The van der Waals surface area contributed by atoms with Crippen molar-refractivity contribution in [2.24, 2.45) is 5.92 Å². The van der Waals surface area contributed by atoms with Gasteiger partial charge in [0.15, 0.2) is 0 Å². The van der Waals surface area contributed by atoms with Crippen LogP contribution in [0.15, 0.2) is 24.3 Å². The van der Waals surface area contributed by atoms with E-state index < -0.39 is 0 Å². The molecule has 1 N–H and O–H groups in total. The van der Waals surface area contributed by atoms with Gasteiger partial charge in [-0.05, 0) is 48.8 Å². The number of hydrogen-bond acceptors (Lipinski definition) is 1. The topological polar surface area (TPSA) is 12.0 Å². The summed E-state index contributed by atoms with van der Waals surface area (Å²) in [6, 6.07) is 9.32. The minimum Gasteiger partial charge on any atom is -0.313 e. The van der Waals surface area contributed by atoms with Crippen molar-refractivity contribution in [2.45, 2.75) is 56.9 Å². The molecular formula is C17H24ClN. The Kier molecular flexibility index (Phi) is 4.45. The van der Waals surface area contributed by atoms with Crippen molar-refractivity contribution in [3.8, 4) is 0 Å². The number of nitrogens with one attached hydrogen (secondary N) is 1. The Labute approximate surface area is 121 Å². The first-order valence-corrected chi connectivity index (χ1v) is 8.18. The highest BCUT2D eigenvalue weighted by molar-refractivity contribution is 6.30. The van der Waals surface area contributed by atoms with Gasteiger partial charge in [-0.15, -0.1) is 0 Å². The monoisotopic (exact) mass is 277 g/mol. The lowest BCUT2D eigenvalue weighted by atomic mass is 9.88. The van der Waals surface area contributed by atoms with E-state index in [0.29, 0.717) is 5.92 Å². The Morgan fingerprint density at radius 1 is 1.05 bits per heavy atom. The highest BCUT2D eigenvalue weighted by Crippen LogP contribution is 2.34. The van der Waals surface area contributed by atoms with Gasteiger partial charge in [-0.25, -0.2) is 0 Å². The molecule has 1 atom stereocenters. The molecule has 19 heavy (non-hydrogen) atoms. The summed E-state index contributed by atoms with van der Waals surface area (Å²) in [6.07, 6.45) is 9.85. The summed E-state index contributed by atoms with van der Waals surface area (Å²) in [6.45, 7) is 1.14. The lowest BCUT2D eigenvalue weighted by Crippen LogP contribution is -2.24. The van der Waals surface area contributed by atoms with Gasteiger partial charge >= 0.3 is 0 Å². The minimum atomic E-state index is 0.668. The average molecular weight is 278 g/mol. The molecule has 1 aromatic rings. The number of benzene rings is 1. The molecule has 0 heterocycles. The van der Waals surface area contributed by atoms with Crippen LogP contribution in [-0.2, 0) is 0 Å². The first kappa shape index (κ1) is 13.5. The predicted octanol–water partition coefficient (Wildman–Crippen LogP) is 4.76. The summed E-state index contributed by atoms with van der Waals surface area (Å²) in [5, 5.41) is 4.56. The van der Waals surface area contributed by atoms with E-state index in [-0.39, 0.29) is 0 Å². The molecule has 0 amide bonds. The third-order valence-electron chi connectivity index (χ3n) is 4.66. The SMILES string of the molecule is Clc1ccc(C(CNC2CC2)CC2CCCC2)cc1. The van der Waals surface area contributed by atoms with E-state index in [9.17, 15) is 0 Å². The molecule has 0 radical (unpaired) electrons. The second-order valence-electron chi connectivity index (χ2n) is 6.32. The maximum Gasteiger partial charge on any atom is 0.0406 e. The fourth-order valence-corrected chi connectivity index (χ4v) is 3.44. The fourth-order valence-electron chi connectivity index (χ4n) is 3.32. The van der Waals surface area contributed by atoms with Crippen molar-refractivity contribution in [1.82, 2.24) is 5.32 Å². The van der Waals surface area contributed by atoms with Gasteiger partial charge in [-0.3, -0.25) is 0 Å². The van der Waals surface area contributed by atoms with Crippen molar-refractivity contribution in [2.75, 3.05) is 6.54 Å². The van der Waals surface area contributed by atoms with Crippen LogP contribution in [0.4, 0.5) is 0 Å². The first-order chi connectivity index (χ1) is 9.31. The molecule has 2 aliphatic carbocycles. The second-order valence-corrected chi connectivity index (χ2v) is 6.75. The largest absolute Gasteiger partial charge is 0.313 e. The second kappa shape index (κ2) is 6.28. The van der Waals surface area contributed by atoms with Crippen LogP contribution in [0.1, 0.15) is 56.4 Å². The van der Waals surface area contributed by atoms with Gasteiger partial charge in [0.25, 0.3) is 0 Å². The standard InChI is InChI=1S/C17H24ClN/c18-16-7-5-14(6-8-16)15(12-19-17-9-10-17)11-13-3-1-2-4-13/h5-8,13,15,17,19H,1-4,9-12H2. The predicted molar refractivity (Wildman–Crippen MR) is 81.8 cm³/mol. The molecule has 0 bridgehead atoms. The number of halogens is 1. The molecular weight excluding hydrogens is 254 g/mol. The molecule has 0 aromatic heterocycles. The maximum absolute atomic E-state index is 6.01. The van der Waals surface area contributed by atoms with E-state index >= 15 is 0 Å². The molecule has 1 aromatic carbocycles. The van der Waals surface area contributed by atoms with Crippen LogP contribution < -0.4 is 5.32 Å². The first-order valence-electron chi connectivity index (χ1n) is 7.80. The molecule has 3 rings (SSSR count). The Hall–Kier alpha value is -0.530. The van der Waals surface area contributed by atoms with Crippen molar-refractivity contribution >= 4 is 11.6 Å². The van der Waals surface area contributed by atoms with E-state index in [1.54, 1.807) is 0 Å². The van der Waals surface area contributed by atoms with Crippen LogP contribution in [0.5, 0.6) is 0 Å². The van der Waals surface area contributed by atoms with Gasteiger partial charge in [0.1, 0.15) is 0 Å². The number of rotatable bonds is 6. The lowest BCUT2D eigenvalue weighted by molar-refractivity contribution is 0.426. The Morgan fingerprint density at radius 2 is 1.74 bits per heavy atom. The van der Waals surface area contributed by atoms with Crippen LogP contribution in [0.2, 0.25) is 5.02 Å². The molecule has 1 unspecified atom stereocenters. The zero-order valence-electron chi connectivity index (χ0n) is 11.6. The third-order valence-corrected chi connectivity index (χ3v) is 4.92. The fraction of sp³-hybridized carbons (Fsp3) is 0.647. The molecule has 0 saturated heterocycles. The van der Waals surface area contributed by atoms with Crippen LogP contribution in [0, 0.1) is 5.92 Å². The van der Waals surface area contributed by atoms with Crippen LogP contribution in [-0.4, -0.2) is 12.6 Å².